The van der Waals surface area contributed by atoms with Crippen LogP contribution in [-0.2, 0) is 38.8 Å². The van der Waals surface area contributed by atoms with Crippen LogP contribution in [0.5, 0.6) is 0 Å². The van der Waals surface area contributed by atoms with Gasteiger partial charge in [0.2, 0.25) is 21.8 Å². The first kappa shape index (κ1) is 34.2. The number of hydrogen-bond acceptors (Lipinski definition) is 4. The number of nitrogens with one attached hydrogen (secondary N) is 1. The van der Waals surface area contributed by atoms with Crippen molar-refractivity contribution in [3.05, 3.63) is 99.5 Å². The summed E-state index contributed by atoms with van der Waals surface area (Å²) in [5, 5.41) is 2.69. The van der Waals surface area contributed by atoms with E-state index in [1.165, 1.54) is 4.90 Å². The van der Waals surface area contributed by atoms with Gasteiger partial charge in [-0.05, 0) is 47.9 Å². The third kappa shape index (κ3) is 9.87. The molecule has 3 aromatic rings. The summed E-state index contributed by atoms with van der Waals surface area (Å²) >= 11 is 11.8. The lowest BCUT2D eigenvalue weighted by atomic mass is 10.0. The number of sulfonamides is 1. The molecule has 0 spiro atoms. The molecule has 1 N–H and O–H groups in total. The molecule has 1 unspecified atom stereocenters. The molecule has 0 saturated heterocycles. The molecule has 0 saturated carbocycles. The van der Waals surface area contributed by atoms with Gasteiger partial charge in [-0.1, -0.05) is 79.0 Å². The third-order valence-corrected chi connectivity index (χ3v) is 8.31. The Kier molecular flexibility index (Phi) is 11.9. The number of carbonyl (C=O) groups excluding carboxylic acids is 2. The van der Waals surface area contributed by atoms with Crippen molar-refractivity contribution < 1.29 is 31.2 Å². The predicted octanol–water partition coefficient (Wildman–Crippen LogP) is 6.33. The summed E-state index contributed by atoms with van der Waals surface area (Å²) < 4.78 is 67.1. The van der Waals surface area contributed by atoms with Crippen molar-refractivity contribution in [2.24, 2.45) is 0 Å². The number of benzene rings is 3. The number of amides is 2. The SMILES string of the molecule is CCCCNC(=O)C(Cc1ccccc1)N(Cc1ccc(Cl)cc1)C(=O)CN(c1ccc(Cl)c(C(F)(F)F)c1)S(C)(=O)=O. The maximum atomic E-state index is 14.0. The fourth-order valence-corrected chi connectivity index (χ4v) is 5.54. The summed E-state index contributed by atoms with van der Waals surface area (Å²) in [6.45, 7) is 1.37. The second-order valence-corrected chi connectivity index (χ2v) is 12.7. The maximum Gasteiger partial charge on any atom is 0.417 e. The molecular formula is C30H32Cl2F3N3O4S. The average molecular weight is 659 g/mol. The van der Waals surface area contributed by atoms with Crippen LogP contribution >= 0.6 is 23.2 Å². The average Bonchev–Trinajstić information content (AvgIpc) is 2.94. The van der Waals surface area contributed by atoms with Crippen molar-refractivity contribution >= 4 is 50.7 Å². The molecule has 0 aromatic heterocycles. The number of rotatable bonds is 13. The highest BCUT2D eigenvalue weighted by atomic mass is 35.5. The lowest BCUT2D eigenvalue weighted by molar-refractivity contribution is -0.140. The minimum Gasteiger partial charge on any atom is -0.354 e. The lowest BCUT2D eigenvalue weighted by Gasteiger charge is -2.33. The Morgan fingerprint density at radius 2 is 1.60 bits per heavy atom. The zero-order valence-corrected chi connectivity index (χ0v) is 25.9. The van der Waals surface area contributed by atoms with Crippen LogP contribution in [0.15, 0.2) is 72.8 Å². The van der Waals surface area contributed by atoms with Crippen molar-refractivity contribution in [3.8, 4) is 0 Å². The van der Waals surface area contributed by atoms with Gasteiger partial charge in [-0.2, -0.15) is 13.2 Å². The fourth-order valence-electron chi connectivity index (χ4n) is 4.35. The van der Waals surface area contributed by atoms with Crippen LogP contribution in [-0.4, -0.2) is 50.5 Å². The number of alkyl halides is 3. The van der Waals surface area contributed by atoms with Crippen molar-refractivity contribution in [3.63, 3.8) is 0 Å². The summed E-state index contributed by atoms with van der Waals surface area (Å²) in [5.41, 5.74) is -0.289. The van der Waals surface area contributed by atoms with Gasteiger partial charge in [0.15, 0.2) is 0 Å². The number of unbranched alkanes of at least 4 members (excludes halogenated alkanes) is 1. The molecule has 3 aromatic carbocycles. The van der Waals surface area contributed by atoms with Gasteiger partial charge in [0.1, 0.15) is 12.6 Å². The van der Waals surface area contributed by atoms with Crippen LogP contribution in [0.3, 0.4) is 0 Å². The van der Waals surface area contributed by atoms with E-state index in [4.69, 9.17) is 23.2 Å². The monoisotopic (exact) mass is 657 g/mol. The van der Waals surface area contributed by atoms with Crippen LogP contribution in [0.25, 0.3) is 0 Å². The molecule has 0 heterocycles. The summed E-state index contributed by atoms with van der Waals surface area (Å²) in [4.78, 5) is 28.8. The second-order valence-electron chi connectivity index (χ2n) is 9.93. The van der Waals surface area contributed by atoms with Gasteiger partial charge < -0.3 is 10.2 Å². The first-order chi connectivity index (χ1) is 20.2. The number of carbonyl (C=O) groups is 2. The zero-order valence-electron chi connectivity index (χ0n) is 23.6. The van der Waals surface area contributed by atoms with Gasteiger partial charge >= 0.3 is 6.18 Å². The zero-order chi connectivity index (χ0) is 31.8. The largest absolute Gasteiger partial charge is 0.417 e. The van der Waals surface area contributed by atoms with Crippen LogP contribution in [0.2, 0.25) is 10.0 Å². The number of anilines is 1. The first-order valence-corrected chi connectivity index (χ1v) is 16.0. The topological polar surface area (TPSA) is 86.8 Å². The number of halogens is 5. The van der Waals surface area contributed by atoms with Gasteiger partial charge in [0.25, 0.3) is 0 Å². The van der Waals surface area contributed by atoms with Crippen molar-refractivity contribution in [1.82, 2.24) is 10.2 Å². The van der Waals surface area contributed by atoms with Crippen LogP contribution in [0.1, 0.15) is 36.5 Å². The highest BCUT2D eigenvalue weighted by molar-refractivity contribution is 7.92. The Labute approximate surface area is 259 Å². The van der Waals surface area contributed by atoms with Crippen LogP contribution < -0.4 is 9.62 Å². The van der Waals surface area contributed by atoms with Gasteiger partial charge in [-0.3, -0.25) is 13.9 Å². The first-order valence-electron chi connectivity index (χ1n) is 13.4. The Morgan fingerprint density at radius 1 is 0.953 bits per heavy atom. The molecule has 2 amide bonds. The normalized spacial score (nSPS) is 12.4. The molecule has 0 fully saturated rings. The van der Waals surface area contributed by atoms with Crippen molar-refractivity contribution in [1.29, 1.82) is 0 Å². The van der Waals surface area contributed by atoms with E-state index < -0.39 is 56.9 Å². The number of hydrogen-bond donors (Lipinski definition) is 1. The molecule has 0 radical (unpaired) electrons. The van der Waals surface area contributed by atoms with E-state index in [0.29, 0.717) is 33.9 Å². The molecule has 0 aliphatic heterocycles. The van der Waals surface area contributed by atoms with Gasteiger partial charge in [-0.25, -0.2) is 8.42 Å². The number of nitrogens with zero attached hydrogens (tertiary/aromatic N) is 2. The highest BCUT2D eigenvalue weighted by Crippen LogP contribution is 2.37. The molecule has 0 aliphatic rings. The third-order valence-electron chi connectivity index (χ3n) is 6.59. The molecule has 3 rings (SSSR count). The molecule has 13 heteroatoms. The standard InChI is InChI=1S/C30H32Cl2F3N3O4S/c1-3-4-16-36-29(40)27(17-21-8-6-5-7-9-21)37(19-22-10-12-23(31)13-11-22)28(39)20-38(43(2,41)42)24-14-15-26(32)25(18-24)30(33,34)35/h5-15,18,27H,3-4,16-17,19-20H2,1-2H3,(H,36,40). The Morgan fingerprint density at radius 3 is 2.19 bits per heavy atom. The quantitative estimate of drug-likeness (QED) is 0.218. The Hall–Kier alpha value is -3.28. The molecule has 0 aliphatic carbocycles. The minimum absolute atomic E-state index is 0.0965. The van der Waals surface area contributed by atoms with Gasteiger partial charge in [0.05, 0.1) is 22.5 Å². The van der Waals surface area contributed by atoms with Gasteiger partial charge in [-0.15, -0.1) is 0 Å². The molecule has 1 atom stereocenters. The van der Waals surface area contributed by atoms with Crippen molar-refractivity contribution in [2.75, 3.05) is 23.7 Å². The minimum atomic E-state index is -4.86. The summed E-state index contributed by atoms with van der Waals surface area (Å²) in [5.74, 6) is -1.24. The molecule has 232 valence electrons. The molecule has 7 nitrogen and oxygen atoms in total. The van der Waals surface area contributed by atoms with Gasteiger partial charge in [0, 0.05) is 24.5 Å². The van der Waals surface area contributed by atoms with E-state index in [0.717, 1.165) is 30.4 Å². The van der Waals surface area contributed by atoms with E-state index in [1.807, 2.05) is 13.0 Å². The Balaban J connectivity index is 2.07. The fraction of sp³-hybridized carbons (Fsp3) is 0.333. The van der Waals surface area contributed by atoms with E-state index >= 15 is 0 Å². The van der Waals surface area contributed by atoms with E-state index in [9.17, 15) is 31.2 Å². The summed E-state index contributed by atoms with van der Waals surface area (Å²) in [6.07, 6.45) is -2.45. The molecule has 43 heavy (non-hydrogen) atoms. The Bertz CT molecular complexity index is 1510. The van der Waals surface area contributed by atoms with Crippen LogP contribution in [0.4, 0.5) is 18.9 Å². The summed E-state index contributed by atoms with van der Waals surface area (Å²) in [6, 6.07) is 17.1. The highest BCUT2D eigenvalue weighted by Gasteiger charge is 2.36. The van der Waals surface area contributed by atoms with Crippen molar-refractivity contribution in [2.45, 2.75) is 44.9 Å². The second kappa shape index (κ2) is 14.9. The van der Waals surface area contributed by atoms with E-state index in [-0.39, 0.29) is 13.0 Å². The molecule has 0 bridgehead atoms. The lowest BCUT2D eigenvalue weighted by Crippen LogP contribution is -2.53. The van der Waals surface area contributed by atoms with Crippen LogP contribution in [0, 0.1) is 0 Å². The van der Waals surface area contributed by atoms with E-state index in [1.54, 1.807) is 48.5 Å². The van der Waals surface area contributed by atoms with E-state index in [2.05, 4.69) is 5.32 Å². The molecular weight excluding hydrogens is 626 g/mol. The predicted molar refractivity (Wildman–Crippen MR) is 162 cm³/mol. The smallest absolute Gasteiger partial charge is 0.354 e. The maximum absolute atomic E-state index is 14.0. The summed E-state index contributed by atoms with van der Waals surface area (Å²) in [7, 11) is -4.27.